The van der Waals surface area contributed by atoms with Crippen LogP contribution in [0.1, 0.15) is 66.8 Å². The summed E-state index contributed by atoms with van der Waals surface area (Å²) in [5.74, 6) is 0.706. The van der Waals surface area contributed by atoms with E-state index in [1.54, 1.807) is 0 Å². The normalized spacial score (nSPS) is 15.4. The first-order chi connectivity index (χ1) is 9.81. The molecule has 0 atom stereocenters. The molecule has 0 radical (unpaired) electrons. The number of hydrogen-bond acceptors (Lipinski definition) is 2. The van der Waals surface area contributed by atoms with Crippen LogP contribution in [-0.2, 0) is 0 Å². The van der Waals surface area contributed by atoms with E-state index in [4.69, 9.17) is 5.11 Å². The molecular formula is C17H25NO2. The number of amides is 1. The van der Waals surface area contributed by atoms with E-state index in [9.17, 15) is 4.79 Å². The molecule has 0 spiro atoms. The Hall–Kier alpha value is -1.35. The molecule has 0 aromatic heterocycles. The highest BCUT2D eigenvalue weighted by molar-refractivity contribution is 5.94. The molecule has 0 unspecified atom stereocenters. The molecule has 0 saturated heterocycles. The van der Waals surface area contributed by atoms with E-state index in [1.807, 2.05) is 12.1 Å². The van der Waals surface area contributed by atoms with Crippen molar-refractivity contribution in [2.75, 3.05) is 13.2 Å². The van der Waals surface area contributed by atoms with Crippen molar-refractivity contribution >= 4 is 5.91 Å². The number of aliphatic hydroxyl groups is 1. The van der Waals surface area contributed by atoms with Gasteiger partial charge in [-0.25, -0.2) is 0 Å². The van der Waals surface area contributed by atoms with Crippen LogP contribution in [0.25, 0.3) is 0 Å². The summed E-state index contributed by atoms with van der Waals surface area (Å²) in [6, 6.07) is 8.10. The van der Waals surface area contributed by atoms with Crippen molar-refractivity contribution in [2.24, 2.45) is 0 Å². The van der Waals surface area contributed by atoms with Crippen molar-refractivity contribution in [1.82, 2.24) is 5.32 Å². The second kappa shape index (κ2) is 8.05. The molecule has 0 bridgehead atoms. The Kier molecular flexibility index (Phi) is 6.06. The third-order valence-corrected chi connectivity index (χ3v) is 4.12. The summed E-state index contributed by atoms with van der Waals surface area (Å²) in [7, 11) is 0. The van der Waals surface area contributed by atoms with Gasteiger partial charge in [0.1, 0.15) is 0 Å². The van der Waals surface area contributed by atoms with Crippen LogP contribution < -0.4 is 5.32 Å². The van der Waals surface area contributed by atoms with Gasteiger partial charge in [0.2, 0.25) is 0 Å². The third-order valence-electron chi connectivity index (χ3n) is 4.12. The molecule has 1 amide bonds. The molecule has 1 aromatic carbocycles. The van der Waals surface area contributed by atoms with Crippen molar-refractivity contribution in [3.05, 3.63) is 35.4 Å². The van der Waals surface area contributed by atoms with E-state index < -0.39 is 0 Å². The Morgan fingerprint density at radius 1 is 1.10 bits per heavy atom. The van der Waals surface area contributed by atoms with Crippen molar-refractivity contribution < 1.29 is 9.90 Å². The van der Waals surface area contributed by atoms with Crippen LogP contribution in [0.2, 0.25) is 0 Å². The number of hydrogen-bond donors (Lipinski definition) is 2. The summed E-state index contributed by atoms with van der Waals surface area (Å²) in [5, 5.41) is 11.6. The molecule has 1 fully saturated rings. The number of carbonyl (C=O) groups excluding carboxylic acids is 1. The second-order valence-corrected chi connectivity index (χ2v) is 5.64. The highest BCUT2D eigenvalue weighted by Crippen LogP contribution is 2.33. The molecular weight excluding hydrogens is 250 g/mol. The minimum Gasteiger partial charge on any atom is -0.396 e. The summed E-state index contributed by atoms with van der Waals surface area (Å²) in [6.07, 6.45) is 7.93. The van der Waals surface area contributed by atoms with Gasteiger partial charge in [-0.3, -0.25) is 4.79 Å². The molecule has 0 heterocycles. The maximum absolute atomic E-state index is 11.9. The molecule has 1 saturated carbocycles. The lowest BCUT2D eigenvalue weighted by molar-refractivity contribution is 0.0953. The second-order valence-electron chi connectivity index (χ2n) is 5.64. The number of nitrogens with one attached hydrogen (secondary N) is 1. The number of carbonyl (C=O) groups is 1. The lowest BCUT2D eigenvalue weighted by atomic mass is 9.96. The summed E-state index contributed by atoms with van der Waals surface area (Å²) in [4.78, 5) is 11.9. The van der Waals surface area contributed by atoms with E-state index in [-0.39, 0.29) is 12.5 Å². The maximum Gasteiger partial charge on any atom is 0.251 e. The van der Waals surface area contributed by atoms with Gasteiger partial charge < -0.3 is 10.4 Å². The summed E-state index contributed by atoms with van der Waals surface area (Å²) in [5.41, 5.74) is 2.12. The maximum atomic E-state index is 11.9. The average Bonchev–Trinajstić information content (AvgIpc) is 3.01. The first-order valence-corrected chi connectivity index (χ1v) is 7.80. The van der Waals surface area contributed by atoms with Crippen LogP contribution in [0, 0.1) is 0 Å². The molecule has 3 heteroatoms. The fraction of sp³-hybridized carbons (Fsp3) is 0.588. The van der Waals surface area contributed by atoms with Gasteiger partial charge >= 0.3 is 0 Å². The fourth-order valence-corrected chi connectivity index (χ4v) is 2.88. The van der Waals surface area contributed by atoms with Gasteiger partial charge in [0.25, 0.3) is 5.91 Å². The molecule has 2 rings (SSSR count). The largest absolute Gasteiger partial charge is 0.396 e. The molecule has 110 valence electrons. The SMILES string of the molecule is O=C(NCCCCCO)c1ccc(C2CCCC2)cc1. The summed E-state index contributed by atoms with van der Waals surface area (Å²) >= 11 is 0. The first kappa shape index (κ1) is 15.0. The van der Waals surface area contributed by atoms with Gasteiger partial charge in [0.15, 0.2) is 0 Å². The van der Waals surface area contributed by atoms with Crippen LogP contribution in [0.3, 0.4) is 0 Å². The van der Waals surface area contributed by atoms with Crippen LogP contribution >= 0.6 is 0 Å². The van der Waals surface area contributed by atoms with Crippen LogP contribution in [-0.4, -0.2) is 24.2 Å². The fourth-order valence-electron chi connectivity index (χ4n) is 2.88. The van der Waals surface area contributed by atoms with Gasteiger partial charge in [0.05, 0.1) is 0 Å². The standard InChI is InChI=1S/C17H25NO2/c19-13-5-1-4-12-18-17(20)16-10-8-15(9-11-16)14-6-2-3-7-14/h8-11,14,19H,1-7,12-13H2,(H,18,20). The predicted octanol–water partition coefficient (Wildman–Crippen LogP) is 3.24. The third kappa shape index (κ3) is 4.34. The topological polar surface area (TPSA) is 49.3 Å². The minimum atomic E-state index is 0.00645. The molecule has 2 N–H and O–H groups in total. The van der Waals surface area contributed by atoms with E-state index in [1.165, 1.54) is 31.2 Å². The smallest absolute Gasteiger partial charge is 0.251 e. The Morgan fingerprint density at radius 3 is 2.45 bits per heavy atom. The number of aliphatic hydroxyl groups excluding tert-OH is 1. The molecule has 1 aromatic rings. The van der Waals surface area contributed by atoms with Gasteiger partial charge in [-0.2, -0.15) is 0 Å². The zero-order valence-electron chi connectivity index (χ0n) is 12.1. The molecule has 1 aliphatic rings. The van der Waals surface area contributed by atoms with E-state index in [0.717, 1.165) is 24.8 Å². The lowest BCUT2D eigenvalue weighted by Crippen LogP contribution is -2.24. The Labute approximate surface area is 121 Å². The van der Waals surface area contributed by atoms with Gasteiger partial charge in [-0.1, -0.05) is 25.0 Å². The predicted molar refractivity (Wildman–Crippen MR) is 80.9 cm³/mol. The number of benzene rings is 1. The van der Waals surface area contributed by atoms with Crippen LogP contribution in [0.5, 0.6) is 0 Å². The van der Waals surface area contributed by atoms with Crippen LogP contribution in [0.4, 0.5) is 0 Å². The number of unbranched alkanes of at least 4 members (excludes halogenated alkanes) is 2. The highest BCUT2D eigenvalue weighted by atomic mass is 16.2. The Morgan fingerprint density at radius 2 is 1.80 bits per heavy atom. The highest BCUT2D eigenvalue weighted by Gasteiger charge is 2.17. The Bertz CT molecular complexity index is 408. The molecule has 0 aliphatic heterocycles. The van der Waals surface area contributed by atoms with Gasteiger partial charge in [-0.05, 0) is 55.7 Å². The molecule has 3 nitrogen and oxygen atoms in total. The average molecular weight is 275 g/mol. The van der Waals surface area contributed by atoms with Gasteiger partial charge in [-0.15, -0.1) is 0 Å². The van der Waals surface area contributed by atoms with Crippen molar-refractivity contribution in [3.8, 4) is 0 Å². The summed E-state index contributed by atoms with van der Waals surface area (Å²) in [6.45, 7) is 0.916. The summed E-state index contributed by atoms with van der Waals surface area (Å²) < 4.78 is 0. The first-order valence-electron chi connectivity index (χ1n) is 7.80. The van der Waals surface area contributed by atoms with Crippen molar-refractivity contribution in [1.29, 1.82) is 0 Å². The van der Waals surface area contributed by atoms with Crippen LogP contribution in [0.15, 0.2) is 24.3 Å². The van der Waals surface area contributed by atoms with E-state index >= 15 is 0 Å². The van der Waals surface area contributed by atoms with Crippen molar-refractivity contribution in [3.63, 3.8) is 0 Å². The molecule has 20 heavy (non-hydrogen) atoms. The molecule has 1 aliphatic carbocycles. The quantitative estimate of drug-likeness (QED) is 0.751. The van der Waals surface area contributed by atoms with E-state index in [0.29, 0.717) is 12.5 Å². The zero-order chi connectivity index (χ0) is 14.2. The van der Waals surface area contributed by atoms with E-state index in [2.05, 4.69) is 17.4 Å². The number of rotatable bonds is 7. The monoisotopic (exact) mass is 275 g/mol. The Balaban J connectivity index is 1.78. The zero-order valence-corrected chi connectivity index (χ0v) is 12.1. The van der Waals surface area contributed by atoms with Crippen molar-refractivity contribution in [2.45, 2.75) is 50.9 Å². The lowest BCUT2D eigenvalue weighted by Gasteiger charge is -2.10. The minimum absolute atomic E-state index is 0.00645. The van der Waals surface area contributed by atoms with Gasteiger partial charge in [0, 0.05) is 18.7 Å².